The van der Waals surface area contributed by atoms with Crippen molar-refractivity contribution in [3.63, 3.8) is 0 Å². The Morgan fingerprint density at radius 1 is 1.12 bits per heavy atom. The molecule has 0 radical (unpaired) electrons. The monoisotopic (exact) mass is 231 g/mol. The van der Waals surface area contributed by atoms with E-state index in [4.69, 9.17) is 0 Å². The number of benzene rings is 1. The number of aromatic nitrogens is 1. The fourth-order valence-electron chi connectivity index (χ4n) is 1.28. The van der Waals surface area contributed by atoms with E-state index in [1.807, 2.05) is 0 Å². The van der Waals surface area contributed by atoms with E-state index < -0.39 is 11.8 Å². The van der Waals surface area contributed by atoms with E-state index in [0.717, 1.165) is 0 Å². The summed E-state index contributed by atoms with van der Waals surface area (Å²) < 4.78 is 13.2. The first-order chi connectivity index (χ1) is 8.25. The standard InChI is InChI=1S/C12H10FN3O/c13-10-5-1-2-6-11(10)16-12(17)15-9-4-3-7-14-8-9/h1-8H,(H2,15,16,17). The fraction of sp³-hybridized carbons (Fsp3) is 0. The quantitative estimate of drug-likeness (QED) is 0.834. The molecule has 0 aliphatic carbocycles. The Morgan fingerprint density at radius 2 is 1.94 bits per heavy atom. The van der Waals surface area contributed by atoms with Crippen LogP contribution in [0.1, 0.15) is 0 Å². The number of carbonyl (C=O) groups excluding carboxylic acids is 1. The van der Waals surface area contributed by atoms with Gasteiger partial charge in [0.1, 0.15) is 5.82 Å². The van der Waals surface area contributed by atoms with Crippen LogP contribution in [0.15, 0.2) is 48.8 Å². The highest BCUT2D eigenvalue weighted by Crippen LogP contribution is 2.13. The molecule has 2 rings (SSSR count). The molecule has 5 heteroatoms. The van der Waals surface area contributed by atoms with E-state index in [9.17, 15) is 9.18 Å². The Kier molecular flexibility index (Phi) is 3.30. The van der Waals surface area contributed by atoms with Gasteiger partial charge in [0.15, 0.2) is 0 Å². The van der Waals surface area contributed by atoms with E-state index in [0.29, 0.717) is 5.69 Å². The van der Waals surface area contributed by atoms with Crippen LogP contribution in [-0.4, -0.2) is 11.0 Å². The van der Waals surface area contributed by atoms with Crippen molar-refractivity contribution in [2.75, 3.05) is 10.6 Å². The van der Waals surface area contributed by atoms with Gasteiger partial charge in [-0.3, -0.25) is 4.98 Å². The van der Waals surface area contributed by atoms with Crippen LogP contribution in [0, 0.1) is 5.82 Å². The van der Waals surface area contributed by atoms with Gasteiger partial charge in [0, 0.05) is 6.20 Å². The zero-order chi connectivity index (χ0) is 12.1. The lowest BCUT2D eigenvalue weighted by Crippen LogP contribution is -2.20. The largest absolute Gasteiger partial charge is 0.323 e. The minimum atomic E-state index is -0.511. The van der Waals surface area contributed by atoms with Crippen LogP contribution >= 0.6 is 0 Å². The van der Waals surface area contributed by atoms with Crippen LogP contribution in [0.3, 0.4) is 0 Å². The number of carbonyl (C=O) groups is 1. The highest BCUT2D eigenvalue weighted by atomic mass is 19.1. The van der Waals surface area contributed by atoms with Crippen LogP contribution in [0.25, 0.3) is 0 Å². The minimum Gasteiger partial charge on any atom is -0.306 e. The normalized spacial score (nSPS) is 9.71. The second kappa shape index (κ2) is 5.07. The molecule has 17 heavy (non-hydrogen) atoms. The zero-order valence-corrected chi connectivity index (χ0v) is 8.85. The van der Waals surface area contributed by atoms with Crippen molar-refractivity contribution in [2.45, 2.75) is 0 Å². The topological polar surface area (TPSA) is 54.0 Å². The van der Waals surface area contributed by atoms with Crippen LogP contribution in [0.5, 0.6) is 0 Å². The number of amides is 2. The lowest BCUT2D eigenvalue weighted by atomic mass is 10.3. The van der Waals surface area contributed by atoms with Crippen molar-refractivity contribution in [1.82, 2.24) is 4.98 Å². The number of rotatable bonds is 2. The lowest BCUT2D eigenvalue weighted by molar-refractivity contribution is 0.262. The average Bonchev–Trinajstić information content (AvgIpc) is 2.33. The Bertz CT molecular complexity index is 516. The molecule has 0 fully saturated rings. The summed E-state index contributed by atoms with van der Waals surface area (Å²) in [7, 11) is 0. The maximum atomic E-state index is 13.2. The number of para-hydroxylation sites is 1. The lowest BCUT2D eigenvalue weighted by Gasteiger charge is -2.07. The van der Waals surface area contributed by atoms with Gasteiger partial charge in [0.25, 0.3) is 0 Å². The average molecular weight is 231 g/mol. The number of anilines is 2. The van der Waals surface area contributed by atoms with Gasteiger partial charge in [-0.1, -0.05) is 12.1 Å². The fourth-order valence-corrected chi connectivity index (χ4v) is 1.28. The van der Waals surface area contributed by atoms with Crippen molar-refractivity contribution in [1.29, 1.82) is 0 Å². The van der Waals surface area contributed by atoms with Gasteiger partial charge < -0.3 is 10.6 Å². The minimum absolute atomic E-state index is 0.133. The number of nitrogens with one attached hydrogen (secondary N) is 2. The molecular formula is C12H10FN3O. The van der Waals surface area contributed by atoms with Crippen molar-refractivity contribution in [2.24, 2.45) is 0 Å². The third-order valence-corrected chi connectivity index (χ3v) is 2.04. The first kappa shape index (κ1) is 11.1. The molecule has 0 saturated carbocycles. The molecular weight excluding hydrogens is 221 g/mol. The second-order valence-electron chi connectivity index (χ2n) is 3.30. The van der Waals surface area contributed by atoms with E-state index in [1.54, 1.807) is 30.5 Å². The molecule has 1 heterocycles. The Balaban J connectivity index is 2.01. The molecule has 0 bridgehead atoms. The SMILES string of the molecule is O=C(Nc1cccnc1)Nc1ccccc1F. The van der Waals surface area contributed by atoms with Gasteiger partial charge in [-0.2, -0.15) is 0 Å². The van der Waals surface area contributed by atoms with Gasteiger partial charge in [-0.05, 0) is 24.3 Å². The van der Waals surface area contributed by atoms with E-state index >= 15 is 0 Å². The van der Waals surface area contributed by atoms with Crippen molar-refractivity contribution >= 4 is 17.4 Å². The Hall–Kier alpha value is -2.43. The Morgan fingerprint density at radius 3 is 2.65 bits per heavy atom. The molecule has 0 aliphatic heterocycles. The van der Waals surface area contributed by atoms with Crippen LogP contribution in [0.2, 0.25) is 0 Å². The van der Waals surface area contributed by atoms with Gasteiger partial charge >= 0.3 is 6.03 Å². The molecule has 86 valence electrons. The first-order valence-corrected chi connectivity index (χ1v) is 4.98. The summed E-state index contributed by atoms with van der Waals surface area (Å²) in [5.41, 5.74) is 0.676. The summed E-state index contributed by atoms with van der Waals surface area (Å²) in [4.78, 5) is 15.4. The number of halogens is 1. The van der Waals surface area contributed by atoms with Gasteiger partial charge in [-0.25, -0.2) is 9.18 Å². The third kappa shape index (κ3) is 3.01. The number of pyridine rings is 1. The van der Waals surface area contributed by atoms with Crippen LogP contribution in [0.4, 0.5) is 20.6 Å². The number of urea groups is 1. The van der Waals surface area contributed by atoms with Crippen LogP contribution < -0.4 is 10.6 Å². The molecule has 0 saturated heterocycles. The predicted octanol–water partition coefficient (Wildman–Crippen LogP) is 2.86. The summed E-state index contributed by atoms with van der Waals surface area (Å²) in [6, 6.07) is 8.83. The molecule has 2 N–H and O–H groups in total. The van der Waals surface area contributed by atoms with Crippen molar-refractivity contribution in [3.8, 4) is 0 Å². The third-order valence-electron chi connectivity index (χ3n) is 2.04. The van der Waals surface area contributed by atoms with E-state index in [1.165, 1.54) is 18.3 Å². The molecule has 2 aromatic rings. The summed E-state index contributed by atoms with van der Waals surface area (Å²) in [5, 5.41) is 4.94. The van der Waals surface area contributed by atoms with Gasteiger partial charge in [0.05, 0.1) is 17.6 Å². The summed E-state index contributed by atoms with van der Waals surface area (Å²) >= 11 is 0. The molecule has 0 atom stereocenters. The molecule has 0 unspecified atom stereocenters. The number of hydrogen-bond donors (Lipinski definition) is 2. The summed E-state index contributed by atoms with van der Waals surface area (Å²) in [6.07, 6.45) is 3.10. The summed E-state index contributed by atoms with van der Waals surface area (Å²) in [5.74, 6) is -0.478. The smallest absolute Gasteiger partial charge is 0.306 e. The molecule has 1 aromatic carbocycles. The predicted molar refractivity (Wildman–Crippen MR) is 63.3 cm³/mol. The summed E-state index contributed by atoms with van der Waals surface area (Å²) in [6.45, 7) is 0. The maximum absolute atomic E-state index is 13.2. The highest BCUT2D eigenvalue weighted by molar-refractivity contribution is 5.99. The zero-order valence-electron chi connectivity index (χ0n) is 8.85. The number of nitrogens with zero attached hydrogens (tertiary/aromatic N) is 1. The molecule has 0 aliphatic rings. The number of hydrogen-bond acceptors (Lipinski definition) is 2. The van der Waals surface area contributed by atoms with Crippen molar-refractivity contribution in [3.05, 3.63) is 54.6 Å². The second-order valence-corrected chi connectivity index (χ2v) is 3.30. The van der Waals surface area contributed by atoms with Gasteiger partial charge in [-0.15, -0.1) is 0 Å². The molecule has 0 spiro atoms. The van der Waals surface area contributed by atoms with E-state index in [2.05, 4.69) is 15.6 Å². The van der Waals surface area contributed by atoms with Gasteiger partial charge in [0.2, 0.25) is 0 Å². The van der Waals surface area contributed by atoms with Crippen LogP contribution in [-0.2, 0) is 0 Å². The Labute approximate surface area is 97.5 Å². The first-order valence-electron chi connectivity index (χ1n) is 4.98. The van der Waals surface area contributed by atoms with E-state index in [-0.39, 0.29) is 5.69 Å². The molecule has 2 amide bonds. The maximum Gasteiger partial charge on any atom is 0.323 e. The molecule has 1 aromatic heterocycles. The molecule has 4 nitrogen and oxygen atoms in total. The van der Waals surface area contributed by atoms with Crippen molar-refractivity contribution < 1.29 is 9.18 Å². The highest BCUT2D eigenvalue weighted by Gasteiger charge is 2.05.